The molecule has 0 aliphatic rings. The first-order valence-electron chi connectivity index (χ1n) is 7.67. The first-order valence-corrected chi connectivity index (χ1v) is 8.48. The maximum absolute atomic E-state index is 6.14. The smallest absolute Gasteiger partial charge is 0.237 e. The second-order valence-corrected chi connectivity index (χ2v) is 8.92. The number of oxazole rings is 1. The van der Waals surface area contributed by atoms with E-state index in [1.54, 1.807) is 11.3 Å². The Labute approximate surface area is 136 Å². The molecule has 0 N–H and O–H groups in total. The number of aromatic nitrogens is 1. The molecule has 0 unspecified atom stereocenters. The van der Waals surface area contributed by atoms with Gasteiger partial charge in [-0.15, -0.1) is 11.3 Å². The Bertz CT molecular complexity index is 812. The van der Waals surface area contributed by atoms with Gasteiger partial charge in [-0.25, -0.2) is 4.98 Å². The van der Waals surface area contributed by atoms with Crippen LogP contribution in [-0.4, -0.2) is 4.98 Å². The van der Waals surface area contributed by atoms with Gasteiger partial charge in [0.2, 0.25) is 5.89 Å². The molecule has 116 valence electrons. The largest absolute Gasteiger partial charge is 0.435 e. The van der Waals surface area contributed by atoms with Gasteiger partial charge in [0.15, 0.2) is 5.58 Å². The summed E-state index contributed by atoms with van der Waals surface area (Å²) in [6.07, 6.45) is 0. The number of hydrogen-bond acceptors (Lipinski definition) is 3. The molecule has 22 heavy (non-hydrogen) atoms. The molecule has 0 aliphatic heterocycles. The lowest BCUT2D eigenvalue weighted by molar-refractivity contribution is 0.562. The fourth-order valence-electron chi connectivity index (χ4n) is 2.50. The molecule has 0 atom stereocenters. The van der Waals surface area contributed by atoms with Gasteiger partial charge in [-0.05, 0) is 29.0 Å². The molecule has 0 radical (unpaired) electrons. The SMILES string of the molecule is CC(C)(C)c1ccc(-c2nc3cccc(C(C)(C)C)c3o2)s1. The predicted octanol–water partition coefficient (Wildman–Crippen LogP) is 6.15. The molecule has 1 aromatic carbocycles. The second-order valence-electron chi connectivity index (χ2n) is 7.84. The summed E-state index contributed by atoms with van der Waals surface area (Å²) < 4.78 is 6.14. The van der Waals surface area contributed by atoms with Gasteiger partial charge in [0, 0.05) is 10.4 Å². The molecule has 3 aromatic rings. The lowest BCUT2D eigenvalue weighted by Gasteiger charge is -2.18. The van der Waals surface area contributed by atoms with Crippen LogP contribution in [0.5, 0.6) is 0 Å². The molecule has 2 nitrogen and oxygen atoms in total. The fraction of sp³-hybridized carbons (Fsp3) is 0.421. The minimum absolute atomic E-state index is 0.0440. The van der Waals surface area contributed by atoms with Crippen molar-refractivity contribution in [2.45, 2.75) is 52.4 Å². The van der Waals surface area contributed by atoms with Gasteiger partial charge >= 0.3 is 0 Å². The molecule has 3 heteroatoms. The van der Waals surface area contributed by atoms with E-state index in [2.05, 4.69) is 65.8 Å². The first-order chi connectivity index (χ1) is 10.2. The Balaban J connectivity index is 2.12. The topological polar surface area (TPSA) is 26.0 Å². The van der Waals surface area contributed by atoms with Crippen molar-refractivity contribution in [1.82, 2.24) is 4.98 Å². The van der Waals surface area contributed by atoms with Crippen LogP contribution < -0.4 is 0 Å². The zero-order valence-electron chi connectivity index (χ0n) is 14.2. The molecule has 2 heterocycles. The van der Waals surface area contributed by atoms with Crippen LogP contribution in [0.4, 0.5) is 0 Å². The monoisotopic (exact) mass is 313 g/mol. The van der Waals surface area contributed by atoms with Crippen molar-refractivity contribution in [2.75, 3.05) is 0 Å². The van der Waals surface area contributed by atoms with E-state index >= 15 is 0 Å². The molecule has 0 fully saturated rings. The number of thiophene rings is 1. The molecule has 0 bridgehead atoms. The summed E-state index contributed by atoms with van der Waals surface area (Å²) in [7, 11) is 0. The molecular formula is C19H23NOS. The minimum Gasteiger partial charge on any atom is -0.435 e. The quantitative estimate of drug-likeness (QED) is 0.538. The number of rotatable bonds is 1. The predicted molar refractivity (Wildman–Crippen MR) is 94.7 cm³/mol. The van der Waals surface area contributed by atoms with E-state index in [0.717, 1.165) is 21.9 Å². The van der Waals surface area contributed by atoms with E-state index in [0.29, 0.717) is 0 Å². The molecule has 0 saturated heterocycles. The summed E-state index contributed by atoms with van der Waals surface area (Å²) in [5.74, 6) is 0.729. The van der Waals surface area contributed by atoms with Crippen LogP contribution in [0.3, 0.4) is 0 Å². The maximum Gasteiger partial charge on any atom is 0.237 e. The second kappa shape index (κ2) is 4.95. The highest BCUT2D eigenvalue weighted by Crippen LogP contribution is 2.37. The summed E-state index contributed by atoms with van der Waals surface area (Å²) in [6.45, 7) is 13.3. The lowest BCUT2D eigenvalue weighted by Crippen LogP contribution is -2.10. The van der Waals surface area contributed by atoms with Crippen molar-refractivity contribution in [2.24, 2.45) is 0 Å². The Kier molecular flexibility index (Phi) is 3.44. The summed E-state index contributed by atoms with van der Waals surface area (Å²) >= 11 is 1.77. The molecule has 0 aliphatic carbocycles. The van der Waals surface area contributed by atoms with E-state index in [4.69, 9.17) is 9.40 Å². The first kappa shape index (κ1) is 15.3. The van der Waals surface area contributed by atoms with E-state index in [1.165, 1.54) is 10.4 Å². The van der Waals surface area contributed by atoms with E-state index in [-0.39, 0.29) is 10.8 Å². The van der Waals surface area contributed by atoms with Crippen molar-refractivity contribution >= 4 is 22.4 Å². The number of benzene rings is 1. The van der Waals surface area contributed by atoms with Crippen LogP contribution in [0.2, 0.25) is 0 Å². The van der Waals surface area contributed by atoms with E-state index < -0.39 is 0 Å². The van der Waals surface area contributed by atoms with E-state index in [9.17, 15) is 0 Å². The molecule has 2 aromatic heterocycles. The van der Waals surface area contributed by atoms with Crippen molar-refractivity contribution in [1.29, 1.82) is 0 Å². The molecule has 0 spiro atoms. The van der Waals surface area contributed by atoms with Crippen LogP contribution >= 0.6 is 11.3 Å². The van der Waals surface area contributed by atoms with Crippen molar-refractivity contribution in [3.05, 3.63) is 40.8 Å². The molecule has 0 saturated carbocycles. The standard InChI is InChI=1S/C19H23NOS/c1-18(2,3)12-8-7-9-13-16(12)21-17(20-13)14-10-11-15(22-14)19(4,5)6/h7-11H,1-6H3. The molecule has 0 amide bonds. The highest BCUT2D eigenvalue weighted by molar-refractivity contribution is 7.15. The normalized spacial score (nSPS) is 13.0. The van der Waals surface area contributed by atoms with Crippen LogP contribution in [0.15, 0.2) is 34.7 Å². The summed E-state index contributed by atoms with van der Waals surface area (Å²) in [6, 6.07) is 10.5. The van der Waals surface area contributed by atoms with Crippen LogP contribution in [0.1, 0.15) is 52.0 Å². The summed E-state index contributed by atoms with van der Waals surface area (Å²) in [4.78, 5) is 7.14. The van der Waals surface area contributed by atoms with Crippen LogP contribution in [-0.2, 0) is 10.8 Å². The lowest BCUT2D eigenvalue weighted by atomic mass is 9.86. The average molecular weight is 313 g/mol. The van der Waals surface area contributed by atoms with Gasteiger partial charge in [-0.1, -0.05) is 53.7 Å². The number of hydrogen-bond donors (Lipinski definition) is 0. The third kappa shape index (κ3) is 2.70. The van der Waals surface area contributed by atoms with Crippen molar-refractivity contribution in [3.63, 3.8) is 0 Å². The Morgan fingerprint density at radius 2 is 1.64 bits per heavy atom. The van der Waals surface area contributed by atoms with E-state index in [1.807, 2.05) is 6.07 Å². The zero-order chi connectivity index (χ0) is 16.1. The van der Waals surface area contributed by atoms with Crippen molar-refractivity contribution in [3.8, 4) is 10.8 Å². The number of para-hydroxylation sites is 1. The van der Waals surface area contributed by atoms with Gasteiger partial charge in [0.25, 0.3) is 0 Å². The number of fused-ring (bicyclic) bond motifs is 1. The Morgan fingerprint density at radius 1 is 0.909 bits per heavy atom. The maximum atomic E-state index is 6.14. The highest BCUT2D eigenvalue weighted by atomic mass is 32.1. The highest BCUT2D eigenvalue weighted by Gasteiger charge is 2.22. The Morgan fingerprint density at radius 3 is 2.23 bits per heavy atom. The fourth-order valence-corrected chi connectivity index (χ4v) is 3.49. The molecular weight excluding hydrogens is 290 g/mol. The molecule has 3 rings (SSSR count). The van der Waals surface area contributed by atoms with Gasteiger partial charge in [0.05, 0.1) is 4.88 Å². The van der Waals surface area contributed by atoms with Gasteiger partial charge < -0.3 is 4.42 Å². The van der Waals surface area contributed by atoms with Gasteiger partial charge in [-0.3, -0.25) is 0 Å². The van der Waals surface area contributed by atoms with Crippen molar-refractivity contribution < 1.29 is 4.42 Å². The Hall–Kier alpha value is -1.61. The van der Waals surface area contributed by atoms with Gasteiger partial charge in [-0.2, -0.15) is 0 Å². The van der Waals surface area contributed by atoms with Gasteiger partial charge in [0.1, 0.15) is 5.52 Å². The van der Waals surface area contributed by atoms with Crippen LogP contribution in [0, 0.1) is 0 Å². The average Bonchev–Trinajstić information content (AvgIpc) is 3.02. The third-order valence-electron chi connectivity index (χ3n) is 3.78. The summed E-state index contributed by atoms with van der Waals surface area (Å²) in [5, 5.41) is 0. The van der Waals surface area contributed by atoms with Crippen LogP contribution in [0.25, 0.3) is 21.9 Å². The minimum atomic E-state index is 0.0440. The third-order valence-corrected chi connectivity index (χ3v) is 5.28. The summed E-state index contributed by atoms with van der Waals surface area (Å²) in [5.41, 5.74) is 3.26. The number of nitrogens with zero attached hydrogens (tertiary/aromatic N) is 1. The zero-order valence-corrected chi connectivity index (χ0v) is 15.0.